The van der Waals surface area contributed by atoms with Gasteiger partial charge in [0.15, 0.2) is 0 Å². The summed E-state index contributed by atoms with van der Waals surface area (Å²) >= 11 is 5.81. The molecule has 216 valence electrons. The van der Waals surface area contributed by atoms with Crippen LogP contribution in [0.2, 0.25) is 5.02 Å². The quantitative estimate of drug-likeness (QED) is 0.189. The Kier molecular flexibility index (Phi) is 7.66. The molecule has 11 heteroatoms. The molecule has 0 unspecified atom stereocenters. The third-order valence-corrected chi connectivity index (χ3v) is 7.58. The zero-order chi connectivity index (χ0) is 29.4. The number of fused-ring (bicyclic) bond motifs is 1. The zero-order valence-electron chi connectivity index (χ0n) is 22.9. The Morgan fingerprint density at radius 3 is 2.64 bits per heavy atom. The molecule has 0 aliphatic carbocycles. The number of carbonyl (C=O) groups is 1. The van der Waals surface area contributed by atoms with Gasteiger partial charge in [-0.3, -0.25) is 0 Å². The molecule has 2 aromatic heterocycles. The van der Waals surface area contributed by atoms with Gasteiger partial charge in [-0.2, -0.15) is 0 Å². The van der Waals surface area contributed by atoms with Crippen LogP contribution in [-0.4, -0.2) is 45.1 Å². The highest BCUT2D eigenvalue weighted by atomic mass is 35.5. The standard InChI is InChI=1S/C31H27ClF2N4O4/c1-18-11-21(13-29-35-26-6-4-19(31(39)40-2)12-28(26)37(29)16-23-8-10-41-23)25(34)15-27(18)38-9-7-30(36-38)42-17-20-3-5-22(32)14-24(20)33/h3-7,9,11-12,14-15,23H,8,10,13,16-17H2,1-2H3/t23-/m0/s1. The minimum Gasteiger partial charge on any atom is -0.472 e. The second-order valence-corrected chi connectivity index (χ2v) is 10.6. The molecule has 5 aromatic rings. The van der Waals surface area contributed by atoms with E-state index in [0.29, 0.717) is 51.9 Å². The number of aryl methyl sites for hydroxylation is 1. The molecule has 1 fully saturated rings. The summed E-state index contributed by atoms with van der Waals surface area (Å²) in [6.07, 6.45) is 2.85. The first-order valence-electron chi connectivity index (χ1n) is 13.4. The van der Waals surface area contributed by atoms with Crippen molar-refractivity contribution in [2.75, 3.05) is 13.7 Å². The molecule has 1 saturated heterocycles. The molecule has 6 rings (SSSR count). The van der Waals surface area contributed by atoms with Gasteiger partial charge in [-0.1, -0.05) is 23.7 Å². The van der Waals surface area contributed by atoms with Crippen LogP contribution in [0.5, 0.6) is 5.88 Å². The van der Waals surface area contributed by atoms with Crippen LogP contribution in [0.25, 0.3) is 16.7 Å². The number of ether oxygens (including phenoxy) is 3. The van der Waals surface area contributed by atoms with E-state index in [1.54, 1.807) is 48.7 Å². The number of rotatable bonds is 9. The summed E-state index contributed by atoms with van der Waals surface area (Å²) < 4.78 is 49.3. The second kappa shape index (κ2) is 11.5. The number of hydrogen-bond acceptors (Lipinski definition) is 6. The minimum absolute atomic E-state index is 0.0275. The molecular formula is C31H27ClF2N4O4. The first-order chi connectivity index (χ1) is 20.3. The largest absolute Gasteiger partial charge is 0.472 e. The van der Waals surface area contributed by atoms with Gasteiger partial charge in [-0.15, -0.1) is 5.10 Å². The fraction of sp³-hybridized carbons (Fsp3) is 0.258. The van der Waals surface area contributed by atoms with Crippen LogP contribution in [0, 0.1) is 18.6 Å². The van der Waals surface area contributed by atoms with Gasteiger partial charge < -0.3 is 18.8 Å². The van der Waals surface area contributed by atoms with Crippen LogP contribution in [0.4, 0.5) is 8.78 Å². The van der Waals surface area contributed by atoms with Crippen molar-refractivity contribution >= 4 is 28.6 Å². The van der Waals surface area contributed by atoms with Gasteiger partial charge >= 0.3 is 5.97 Å². The summed E-state index contributed by atoms with van der Waals surface area (Å²) in [5, 5.41) is 4.69. The lowest BCUT2D eigenvalue weighted by Gasteiger charge is -2.27. The van der Waals surface area contributed by atoms with Gasteiger partial charge in [0.25, 0.3) is 0 Å². The Morgan fingerprint density at radius 1 is 1.10 bits per heavy atom. The van der Waals surface area contributed by atoms with Gasteiger partial charge in [0.05, 0.1) is 42.0 Å². The number of benzene rings is 3. The van der Waals surface area contributed by atoms with Gasteiger partial charge in [0, 0.05) is 41.9 Å². The van der Waals surface area contributed by atoms with Crippen LogP contribution in [-0.2, 0) is 29.0 Å². The van der Waals surface area contributed by atoms with Gasteiger partial charge in [-0.25, -0.2) is 23.2 Å². The highest BCUT2D eigenvalue weighted by molar-refractivity contribution is 6.30. The third kappa shape index (κ3) is 5.60. The number of nitrogens with zero attached hydrogens (tertiary/aromatic N) is 4. The molecule has 1 aliphatic heterocycles. The van der Waals surface area contributed by atoms with Crippen molar-refractivity contribution in [3.63, 3.8) is 0 Å². The molecule has 3 heterocycles. The fourth-order valence-corrected chi connectivity index (χ4v) is 5.14. The van der Waals surface area contributed by atoms with Crippen molar-refractivity contribution < 1.29 is 27.8 Å². The first kappa shape index (κ1) is 27.9. The van der Waals surface area contributed by atoms with Crippen molar-refractivity contribution in [1.29, 1.82) is 0 Å². The zero-order valence-corrected chi connectivity index (χ0v) is 23.7. The summed E-state index contributed by atoms with van der Waals surface area (Å²) in [5.74, 6) is -0.379. The van der Waals surface area contributed by atoms with Crippen LogP contribution >= 0.6 is 11.6 Å². The Balaban J connectivity index is 1.25. The van der Waals surface area contributed by atoms with Crippen molar-refractivity contribution in [3.8, 4) is 11.6 Å². The molecule has 8 nitrogen and oxygen atoms in total. The molecule has 3 aromatic carbocycles. The highest BCUT2D eigenvalue weighted by Crippen LogP contribution is 2.27. The predicted molar refractivity (Wildman–Crippen MR) is 152 cm³/mol. The maximum absolute atomic E-state index is 15.5. The molecule has 0 bridgehead atoms. The van der Waals surface area contributed by atoms with Crippen molar-refractivity contribution in [2.24, 2.45) is 0 Å². The molecule has 0 saturated carbocycles. The van der Waals surface area contributed by atoms with Gasteiger partial charge in [0.2, 0.25) is 5.88 Å². The normalized spacial score (nSPS) is 14.6. The Hall–Kier alpha value is -4.28. The average molecular weight is 593 g/mol. The molecule has 0 N–H and O–H groups in total. The summed E-state index contributed by atoms with van der Waals surface area (Å²) in [7, 11) is 1.34. The van der Waals surface area contributed by atoms with Crippen LogP contribution in [0.3, 0.4) is 0 Å². The summed E-state index contributed by atoms with van der Waals surface area (Å²) in [6, 6.07) is 14.4. The second-order valence-electron chi connectivity index (χ2n) is 10.1. The summed E-state index contributed by atoms with van der Waals surface area (Å²) in [5.41, 5.74) is 4.03. The number of carbonyl (C=O) groups excluding carboxylic acids is 1. The van der Waals surface area contributed by atoms with E-state index in [1.807, 2.05) is 11.5 Å². The highest BCUT2D eigenvalue weighted by Gasteiger charge is 2.23. The molecule has 42 heavy (non-hydrogen) atoms. The maximum Gasteiger partial charge on any atom is 0.337 e. The van der Waals surface area contributed by atoms with Crippen LogP contribution in [0.1, 0.15) is 39.3 Å². The van der Waals surface area contributed by atoms with E-state index in [-0.39, 0.29) is 25.0 Å². The van der Waals surface area contributed by atoms with E-state index >= 15 is 4.39 Å². The topological polar surface area (TPSA) is 80.4 Å². The molecule has 1 atom stereocenters. The minimum atomic E-state index is -0.465. The van der Waals surface area contributed by atoms with E-state index in [0.717, 1.165) is 17.5 Å². The number of imidazole rings is 1. The first-order valence-corrected chi connectivity index (χ1v) is 13.8. The number of esters is 1. The SMILES string of the molecule is COC(=O)c1ccc2nc(Cc3cc(C)c(-n4ccc(OCc5ccc(Cl)cc5F)n4)cc3F)n(C[C@@H]3CCO3)c2c1. The Morgan fingerprint density at radius 2 is 1.90 bits per heavy atom. The van der Waals surface area contributed by atoms with E-state index in [2.05, 4.69) is 5.10 Å². The number of hydrogen-bond donors (Lipinski definition) is 0. The molecular weight excluding hydrogens is 566 g/mol. The molecule has 0 spiro atoms. The van der Waals surface area contributed by atoms with Crippen LogP contribution < -0.4 is 4.74 Å². The van der Waals surface area contributed by atoms with Crippen molar-refractivity contribution in [2.45, 2.75) is 39.0 Å². The average Bonchev–Trinajstić information content (AvgIpc) is 3.55. The molecule has 0 amide bonds. The lowest BCUT2D eigenvalue weighted by Crippen LogP contribution is -2.31. The summed E-state index contributed by atoms with van der Waals surface area (Å²) in [4.78, 5) is 16.9. The van der Waals surface area contributed by atoms with Crippen LogP contribution in [0.15, 0.2) is 60.8 Å². The predicted octanol–water partition coefficient (Wildman–Crippen LogP) is 6.21. The smallest absolute Gasteiger partial charge is 0.337 e. The lowest BCUT2D eigenvalue weighted by molar-refractivity contribution is -0.0589. The summed E-state index contributed by atoms with van der Waals surface area (Å²) in [6.45, 7) is 3.09. The maximum atomic E-state index is 15.5. The number of halogens is 3. The molecule has 1 aliphatic rings. The van der Waals surface area contributed by atoms with E-state index in [1.165, 1.54) is 23.9 Å². The third-order valence-electron chi connectivity index (χ3n) is 7.34. The number of methoxy groups -OCH3 is 1. The molecule has 0 radical (unpaired) electrons. The Labute approximate surface area is 245 Å². The van der Waals surface area contributed by atoms with Crippen molar-refractivity contribution in [1.82, 2.24) is 19.3 Å². The number of aromatic nitrogens is 4. The van der Waals surface area contributed by atoms with Gasteiger partial charge in [0.1, 0.15) is 24.1 Å². The van der Waals surface area contributed by atoms with E-state index < -0.39 is 17.6 Å². The van der Waals surface area contributed by atoms with E-state index in [4.69, 9.17) is 30.8 Å². The lowest BCUT2D eigenvalue weighted by atomic mass is 10.1. The van der Waals surface area contributed by atoms with Crippen molar-refractivity contribution in [3.05, 3.63) is 106 Å². The Bertz CT molecular complexity index is 1800. The van der Waals surface area contributed by atoms with E-state index in [9.17, 15) is 9.18 Å². The monoisotopic (exact) mass is 592 g/mol. The van der Waals surface area contributed by atoms with Gasteiger partial charge in [-0.05, 0) is 54.8 Å². The fourth-order valence-electron chi connectivity index (χ4n) is 4.98.